The summed E-state index contributed by atoms with van der Waals surface area (Å²) in [5, 5.41) is 9.83. The summed E-state index contributed by atoms with van der Waals surface area (Å²) < 4.78 is 15.1. The Morgan fingerprint density at radius 3 is 2.45 bits per heavy atom. The number of carbonyl (C=O) groups excluding carboxylic acids is 1. The highest BCUT2D eigenvalue weighted by atomic mass is 35.5. The summed E-state index contributed by atoms with van der Waals surface area (Å²) in [6.07, 6.45) is 1.72. The van der Waals surface area contributed by atoms with E-state index >= 15 is 0 Å². The Morgan fingerprint density at radius 2 is 1.93 bits per heavy atom. The molecule has 6 nitrogen and oxygen atoms in total. The van der Waals surface area contributed by atoms with Gasteiger partial charge in [0.05, 0.1) is 28.2 Å². The highest BCUT2D eigenvalue weighted by Gasteiger charge is 2.40. The molecule has 1 aromatic carbocycles. The van der Waals surface area contributed by atoms with Crippen molar-refractivity contribution in [3.8, 4) is 0 Å². The largest absolute Gasteiger partial charge is 0.481 e. The molecule has 1 aromatic rings. The lowest BCUT2D eigenvalue weighted by Crippen LogP contribution is -2.53. The summed E-state index contributed by atoms with van der Waals surface area (Å²) in [5.41, 5.74) is 0.979. The van der Waals surface area contributed by atoms with E-state index in [0.717, 1.165) is 5.56 Å². The number of carboxylic acids is 1. The first kappa shape index (κ1) is 23.8. The van der Waals surface area contributed by atoms with Crippen LogP contribution in [0.3, 0.4) is 0 Å². The standard InChI is InChI=1S/C21H31ClN2O4S/c1-5-17(13-23-29(28)21(2,3)4)24-18(14-6-9-16(22)10-7-14)11-8-15(20(24)27)12-19(25)26/h6-7,9-10,15,17-18,23H,5,8,11-13H2,1-4H3,(H,25,26). The molecule has 0 bridgehead atoms. The quantitative estimate of drug-likeness (QED) is 0.638. The number of nitrogens with zero attached hydrogens (tertiary/aromatic N) is 1. The molecule has 162 valence electrons. The second-order valence-corrected chi connectivity index (χ2v) is 11.0. The van der Waals surface area contributed by atoms with E-state index in [4.69, 9.17) is 11.6 Å². The molecule has 1 aliphatic rings. The third-order valence-corrected chi connectivity index (χ3v) is 7.07. The van der Waals surface area contributed by atoms with Crippen molar-refractivity contribution in [3.05, 3.63) is 34.9 Å². The normalized spacial score (nSPS) is 22.4. The van der Waals surface area contributed by atoms with Crippen LogP contribution in [0.25, 0.3) is 0 Å². The number of aliphatic carboxylic acids is 1. The molecule has 1 heterocycles. The molecule has 29 heavy (non-hydrogen) atoms. The summed E-state index contributed by atoms with van der Waals surface area (Å²) in [4.78, 5) is 26.3. The number of rotatable bonds is 8. The van der Waals surface area contributed by atoms with Crippen LogP contribution in [0.4, 0.5) is 0 Å². The Morgan fingerprint density at radius 1 is 1.31 bits per heavy atom. The number of nitrogens with one attached hydrogen (secondary N) is 1. The highest BCUT2D eigenvalue weighted by molar-refractivity contribution is 7.84. The fourth-order valence-electron chi connectivity index (χ4n) is 3.66. The fourth-order valence-corrected chi connectivity index (χ4v) is 4.56. The molecule has 0 spiro atoms. The minimum atomic E-state index is -1.25. The molecule has 0 radical (unpaired) electrons. The summed E-state index contributed by atoms with van der Waals surface area (Å²) in [6.45, 7) is 8.04. The summed E-state index contributed by atoms with van der Waals surface area (Å²) >= 11 is 6.02. The van der Waals surface area contributed by atoms with Gasteiger partial charge in [-0.1, -0.05) is 30.7 Å². The van der Waals surface area contributed by atoms with Crippen LogP contribution in [-0.4, -0.2) is 43.4 Å². The number of hydrogen-bond acceptors (Lipinski definition) is 3. The van der Waals surface area contributed by atoms with Crippen LogP contribution in [0, 0.1) is 5.92 Å². The van der Waals surface area contributed by atoms with E-state index in [9.17, 15) is 18.9 Å². The van der Waals surface area contributed by atoms with Gasteiger partial charge in [0.15, 0.2) is 0 Å². The zero-order valence-electron chi connectivity index (χ0n) is 17.5. The Bertz CT molecular complexity index is 748. The summed E-state index contributed by atoms with van der Waals surface area (Å²) in [5.74, 6) is -1.64. The molecule has 4 atom stereocenters. The van der Waals surface area contributed by atoms with E-state index in [-0.39, 0.29) is 24.4 Å². The van der Waals surface area contributed by atoms with Gasteiger partial charge < -0.3 is 10.0 Å². The summed E-state index contributed by atoms with van der Waals surface area (Å²) in [7, 11) is -1.25. The molecular formula is C21H31ClN2O4S. The Hall–Kier alpha value is -1.44. The molecule has 4 unspecified atom stereocenters. The van der Waals surface area contributed by atoms with Crippen LogP contribution in [0.1, 0.15) is 65.0 Å². The molecule has 1 aliphatic heterocycles. The van der Waals surface area contributed by atoms with E-state index in [2.05, 4.69) is 4.72 Å². The number of halogens is 1. The number of benzene rings is 1. The van der Waals surface area contributed by atoms with Crippen molar-refractivity contribution in [3.63, 3.8) is 0 Å². The number of hydrogen-bond donors (Lipinski definition) is 2. The maximum atomic E-state index is 13.3. The van der Waals surface area contributed by atoms with Gasteiger partial charge in [0, 0.05) is 23.5 Å². The monoisotopic (exact) mass is 442 g/mol. The molecule has 0 aliphatic carbocycles. The third kappa shape index (κ3) is 6.27. The maximum Gasteiger partial charge on any atom is 0.304 e. The maximum absolute atomic E-state index is 13.3. The Balaban J connectivity index is 2.30. The highest BCUT2D eigenvalue weighted by Crippen LogP contribution is 2.38. The lowest BCUT2D eigenvalue weighted by atomic mass is 9.85. The lowest BCUT2D eigenvalue weighted by molar-refractivity contribution is -0.151. The van der Waals surface area contributed by atoms with E-state index < -0.39 is 27.6 Å². The smallest absolute Gasteiger partial charge is 0.304 e. The average molecular weight is 443 g/mol. The van der Waals surface area contributed by atoms with Crippen molar-refractivity contribution in [2.75, 3.05) is 6.54 Å². The molecule has 0 saturated carbocycles. The van der Waals surface area contributed by atoms with Gasteiger partial charge in [-0.25, -0.2) is 8.93 Å². The van der Waals surface area contributed by atoms with Crippen molar-refractivity contribution < 1.29 is 18.9 Å². The van der Waals surface area contributed by atoms with Crippen molar-refractivity contribution in [2.24, 2.45) is 5.92 Å². The number of piperidine rings is 1. The van der Waals surface area contributed by atoms with E-state index in [1.165, 1.54) is 0 Å². The average Bonchev–Trinajstić information content (AvgIpc) is 2.64. The SMILES string of the molecule is CCC(CNS(=O)C(C)(C)C)N1C(=O)C(CC(=O)O)CCC1c1ccc(Cl)cc1. The van der Waals surface area contributed by atoms with Gasteiger partial charge in [-0.15, -0.1) is 0 Å². The minimum Gasteiger partial charge on any atom is -0.481 e. The van der Waals surface area contributed by atoms with Gasteiger partial charge in [0.1, 0.15) is 0 Å². The van der Waals surface area contributed by atoms with Crippen LogP contribution in [-0.2, 0) is 20.6 Å². The first-order valence-electron chi connectivity index (χ1n) is 9.99. The van der Waals surface area contributed by atoms with Crippen LogP contribution >= 0.6 is 11.6 Å². The summed E-state index contributed by atoms with van der Waals surface area (Å²) in [6, 6.07) is 7.09. The molecule has 0 aromatic heterocycles. The molecule has 1 saturated heterocycles. The van der Waals surface area contributed by atoms with Gasteiger partial charge in [0.25, 0.3) is 0 Å². The number of carbonyl (C=O) groups is 2. The van der Waals surface area contributed by atoms with Gasteiger partial charge in [-0.3, -0.25) is 9.59 Å². The Kier molecular flexibility index (Phi) is 8.26. The van der Waals surface area contributed by atoms with Gasteiger partial charge in [0.2, 0.25) is 5.91 Å². The van der Waals surface area contributed by atoms with E-state index in [0.29, 0.717) is 30.8 Å². The van der Waals surface area contributed by atoms with E-state index in [1.807, 2.05) is 44.7 Å². The first-order chi connectivity index (χ1) is 13.5. The lowest BCUT2D eigenvalue weighted by Gasteiger charge is -2.44. The third-order valence-electron chi connectivity index (χ3n) is 5.27. The van der Waals surface area contributed by atoms with Crippen LogP contribution in [0.15, 0.2) is 24.3 Å². The fraction of sp³-hybridized carbons (Fsp3) is 0.619. The van der Waals surface area contributed by atoms with Crippen LogP contribution in [0.5, 0.6) is 0 Å². The van der Waals surface area contributed by atoms with Gasteiger partial charge in [-0.05, 0) is 57.7 Å². The van der Waals surface area contributed by atoms with Crippen molar-refractivity contribution in [2.45, 2.75) is 70.2 Å². The molecule has 1 amide bonds. The minimum absolute atomic E-state index is 0.145. The topological polar surface area (TPSA) is 86.7 Å². The van der Waals surface area contributed by atoms with E-state index in [1.54, 1.807) is 12.1 Å². The van der Waals surface area contributed by atoms with Crippen LogP contribution < -0.4 is 4.72 Å². The van der Waals surface area contributed by atoms with Crippen molar-refractivity contribution >= 4 is 34.5 Å². The van der Waals surface area contributed by atoms with Gasteiger partial charge >= 0.3 is 5.97 Å². The number of likely N-dealkylation sites (tertiary alicyclic amines) is 1. The first-order valence-corrected chi connectivity index (χ1v) is 11.5. The number of carboxylic acid groups (broad SMARTS) is 1. The molecule has 1 fully saturated rings. The second-order valence-electron chi connectivity index (χ2n) is 8.48. The molecule has 2 rings (SSSR count). The van der Waals surface area contributed by atoms with Crippen molar-refractivity contribution in [1.82, 2.24) is 9.62 Å². The van der Waals surface area contributed by atoms with Gasteiger partial charge in [-0.2, -0.15) is 0 Å². The van der Waals surface area contributed by atoms with Crippen LogP contribution in [0.2, 0.25) is 5.02 Å². The van der Waals surface area contributed by atoms with Crippen molar-refractivity contribution in [1.29, 1.82) is 0 Å². The predicted octanol–water partition coefficient (Wildman–Crippen LogP) is 3.92. The predicted molar refractivity (Wildman–Crippen MR) is 116 cm³/mol. The second kappa shape index (κ2) is 10.0. The zero-order valence-corrected chi connectivity index (χ0v) is 19.1. The zero-order chi connectivity index (χ0) is 21.8. The molecular weight excluding hydrogens is 412 g/mol. The Labute approximate surface area is 180 Å². The molecule has 2 N–H and O–H groups in total. The molecule has 8 heteroatoms. The number of amides is 1.